The smallest absolute Gasteiger partial charge is 0.251 e. The molecule has 2 heterocycles. The molecule has 0 radical (unpaired) electrons. The van der Waals surface area contributed by atoms with Crippen LogP contribution in [0.1, 0.15) is 6.42 Å². The van der Waals surface area contributed by atoms with Crippen molar-refractivity contribution in [2.24, 2.45) is 0 Å². The summed E-state index contributed by atoms with van der Waals surface area (Å²) in [6.45, 7) is 2.87. The Bertz CT molecular complexity index is 938. The van der Waals surface area contributed by atoms with Crippen LogP contribution in [0.4, 0.5) is 11.4 Å². The van der Waals surface area contributed by atoms with Gasteiger partial charge in [-0.05, 0) is 36.4 Å². The SMILES string of the molecule is COc1ccc(N2C(=O)C[C@H](N3CCN(c4ccc(O)cc4)CC3)C2=O)cc1OC. The van der Waals surface area contributed by atoms with Crippen molar-refractivity contribution in [3.63, 3.8) is 0 Å². The second-order valence-corrected chi connectivity index (χ2v) is 7.37. The van der Waals surface area contributed by atoms with Crippen LogP contribution in [0.5, 0.6) is 17.2 Å². The second kappa shape index (κ2) is 8.23. The molecule has 2 aliphatic rings. The van der Waals surface area contributed by atoms with Gasteiger partial charge in [-0.15, -0.1) is 0 Å². The molecule has 2 aliphatic heterocycles. The van der Waals surface area contributed by atoms with E-state index in [-0.39, 0.29) is 24.0 Å². The number of carbonyl (C=O) groups excluding carboxylic acids is 2. The third-order valence-corrected chi connectivity index (χ3v) is 5.72. The monoisotopic (exact) mass is 411 g/mol. The van der Waals surface area contributed by atoms with E-state index in [1.165, 1.54) is 19.1 Å². The quantitative estimate of drug-likeness (QED) is 0.752. The minimum Gasteiger partial charge on any atom is -0.508 e. The van der Waals surface area contributed by atoms with Gasteiger partial charge in [-0.25, -0.2) is 4.90 Å². The van der Waals surface area contributed by atoms with Gasteiger partial charge in [0.05, 0.1) is 32.4 Å². The van der Waals surface area contributed by atoms with Crippen LogP contribution in [0.15, 0.2) is 42.5 Å². The number of phenolic OH excluding ortho intramolecular Hbond substituents is 1. The number of rotatable bonds is 5. The lowest BCUT2D eigenvalue weighted by molar-refractivity contribution is -0.123. The van der Waals surface area contributed by atoms with E-state index in [0.717, 1.165) is 18.8 Å². The molecular weight excluding hydrogens is 386 g/mol. The largest absolute Gasteiger partial charge is 0.508 e. The summed E-state index contributed by atoms with van der Waals surface area (Å²) in [4.78, 5) is 31.3. The predicted molar refractivity (Wildman–Crippen MR) is 112 cm³/mol. The summed E-state index contributed by atoms with van der Waals surface area (Å²) in [5.41, 5.74) is 1.53. The standard InChI is InChI=1S/C22H25N3O5/c1-29-19-8-5-16(13-20(19)30-2)25-21(27)14-18(22(25)28)24-11-9-23(10-12-24)15-3-6-17(26)7-4-15/h3-8,13,18,26H,9-12,14H2,1-2H3/t18-/m0/s1. The van der Waals surface area contributed by atoms with Crippen molar-refractivity contribution in [3.05, 3.63) is 42.5 Å². The summed E-state index contributed by atoms with van der Waals surface area (Å²) >= 11 is 0. The highest BCUT2D eigenvalue weighted by atomic mass is 16.5. The van der Waals surface area contributed by atoms with Gasteiger partial charge in [0, 0.05) is 37.9 Å². The van der Waals surface area contributed by atoms with E-state index in [4.69, 9.17) is 9.47 Å². The van der Waals surface area contributed by atoms with Crippen LogP contribution in [0.2, 0.25) is 0 Å². The first-order valence-corrected chi connectivity index (χ1v) is 9.88. The molecule has 2 amide bonds. The van der Waals surface area contributed by atoms with Crippen molar-refractivity contribution in [2.45, 2.75) is 12.5 Å². The topological polar surface area (TPSA) is 82.5 Å². The van der Waals surface area contributed by atoms with E-state index in [0.29, 0.717) is 30.3 Å². The number of nitrogens with zero attached hydrogens (tertiary/aromatic N) is 3. The minimum absolute atomic E-state index is 0.173. The van der Waals surface area contributed by atoms with Gasteiger partial charge in [-0.3, -0.25) is 14.5 Å². The number of hydrogen-bond donors (Lipinski definition) is 1. The van der Waals surface area contributed by atoms with Crippen LogP contribution in [-0.2, 0) is 9.59 Å². The maximum absolute atomic E-state index is 13.1. The number of carbonyl (C=O) groups is 2. The van der Waals surface area contributed by atoms with Crippen LogP contribution in [0, 0.1) is 0 Å². The molecule has 0 bridgehead atoms. The molecule has 0 spiro atoms. The Balaban J connectivity index is 1.45. The van der Waals surface area contributed by atoms with Gasteiger partial charge in [-0.1, -0.05) is 0 Å². The molecule has 30 heavy (non-hydrogen) atoms. The number of imide groups is 1. The number of ether oxygens (including phenoxy) is 2. The van der Waals surface area contributed by atoms with Crippen LogP contribution in [0.25, 0.3) is 0 Å². The Morgan fingerprint density at radius 2 is 1.50 bits per heavy atom. The molecule has 0 aliphatic carbocycles. The zero-order chi connectivity index (χ0) is 21.3. The van der Waals surface area contributed by atoms with Crippen molar-refractivity contribution >= 4 is 23.2 Å². The fourth-order valence-corrected chi connectivity index (χ4v) is 4.09. The number of anilines is 2. The number of phenols is 1. The van der Waals surface area contributed by atoms with Gasteiger partial charge in [0.1, 0.15) is 5.75 Å². The highest BCUT2D eigenvalue weighted by Gasteiger charge is 2.43. The van der Waals surface area contributed by atoms with Crippen LogP contribution in [-0.4, -0.2) is 68.3 Å². The van der Waals surface area contributed by atoms with Gasteiger partial charge >= 0.3 is 0 Å². The van der Waals surface area contributed by atoms with Crippen molar-refractivity contribution in [1.82, 2.24) is 4.90 Å². The highest BCUT2D eigenvalue weighted by molar-refractivity contribution is 6.22. The van der Waals surface area contributed by atoms with Crippen LogP contribution < -0.4 is 19.3 Å². The molecule has 8 nitrogen and oxygen atoms in total. The number of piperazine rings is 1. The lowest BCUT2D eigenvalue weighted by atomic mass is 10.1. The summed E-state index contributed by atoms with van der Waals surface area (Å²) in [6.07, 6.45) is 0.173. The third kappa shape index (κ3) is 3.66. The zero-order valence-corrected chi connectivity index (χ0v) is 17.1. The molecule has 2 saturated heterocycles. The number of benzene rings is 2. The fraction of sp³-hybridized carbons (Fsp3) is 0.364. The summed E-state index contributed by atoms with van der Waals surface area (Å²) in [6, 6.07) is 11.7. The van der Waals surface area contributed by atoms with Crippen molar-refractivity contribution in [1.29, 1.82) is 0 Å². The Labute approximate surface area is 175 Å². The second-order valence-electron chi connectivity index (χ2n) is 7.37. The normalized spacial score (nSPS) is 20.0. The van der Waals surface area contributed by atoms with E-state index in [1.807, 2.05) is 12.1 Å². The molecule has 0 aromatic heterocycles. The minimum atomic E-state index is -0.451. The number of amides is 2. The molecule has 1 N–H and O–H groups in total. The van der Waals surface area contributed by atoms with Gasteiger partial charge in [0.25, 0.3) is 5.91 Å². The van der Waals surface area contributed by atoms with E-state index in [9.17, 15) is 14.7 Å². The van der Waals surface area contributed by atoms with Crippen molar-refractivity contribution in [2.75, 3.05) is 50.2 Å². The van der Waals surface area contributed by atoms with Gasteiger partial charge < -0.3 is 19.5 Å². The Morgan fingerprint density at radius 3 is 2.13 bits per heavy atom. The Kier molecular flexibility index (Phi) is 5.50. The molecule has 1 atom stereocenters. The summed E-state index contributed by atoms with van der Waals surface area (Å²) < 4.78 is 10.5. The first-order valence-electron chi connectivity index (χ1n) is 9.88. The fourth-order valence-electron chi connectivity index (χ4n) is 4.09. The molecule has 2 aromatic carbocycles. The maximum Gasteiger partial charge on any atom is 0.251 e. The molecule has 4 rings (SSSR count). The maximum atomic E-state index is 13.1. The molecule has 2 aromatic rings. The predicted octanol–water partition coefficient (Wildman–Crippen LogP) is 1.86. The Hall–Kier alpha value is -3.26. The van der Waals surface area contributed by atoms with Crippen molar-refractivity contribution < 1.29 is 24.2 Å². The van der Waals surface area contributed by atoms with Gasteiger partial charge in [0.2, 0.25) is 5.91 Å². The summed E-state index contributed by atoms with van der Waals surface area (Å²) in [5.74, 6) is 0.843. The molecule has 158 valence electrons. The van der Waals surface area contributed by atoms with Gasteiger partial charge in [0.15, 0.2) is 11.5 Å². The molecular formula is C22H25N3O5. The van der Waals surface area contributed by atoms with Crippen LogP contribution >= 0.6 is 0 Å². The average molecular weight is 411 g/mol. The summed E-state index contributed by atoms with van der Waals surface area (Å²) in [7, 11) is 3.06. The zero-order valence-electron chi connectivity index (χ0n) is 17.1. The average Bonchev–Trinajstić information content (AvgIpc) is 3.07. The first kappa shape index (κ1) is 20.0. The van der Waals surface area contributed by atoms with E-state index < -0.39 is 6.04 Å². The van der Waals surface area contributed by atoms with E-state index in [1.54, 1.807) is 30.3 Å². The molecule has 2 fully saturated rings. The van der Waals surface area contributed by atoms with E-state index >= 15 is 0 Å². The third-order valence-electron chi connectivity index (χ3n) is 5.72. The highest BCUT2D eigenvalue weighted by Crippen LogP contribution is 2.34. The van der Waals surface area contributed by atoms with Gasteiger partial charge in [-0.2, -0.15) is 0 Å². The molecule has 0 unspecified atom stereocenters. The number of aromatic hydroxyl groups is 1. The lowest BCUT2D eigenvalue weighted by Gasteiger charge is -2.38. The molecule has 8 heteroatoms. The number of methoxy groups -OCH3 is 2. The van der Waals surface area contributed by atoms with E-state index in [2.05, 4.69) is 9.80 Å². The Morgan fingerprint density at radius 1 is 0.867 bits per heavy atom. The van der Waals surface area contributed by atoms with Crippen LogP contribution in [0.3, 0.4) is 0 Å². The van der Waals surface area contributed by atoms with Crippen molar-refractivity contribution in [3.8, 4) is 17.2 Å². The summed E-state index contributed by atoms with van der Waals surface area (Å²) in [5, 5.41) is 9.46. The first-order chi connectivity index (χ1) is 14.5. The lowest BCUT2D eigenvalue weighted by Crippen LogP contribution is -2.52. The molecule has 0 saturated carbocycles. The number of hydrogen-bond acceptors (Lipinski definition) is 7.